The highest BCUT2D eigenvalue weighted by Gasteiger charge is 2.22. The van der Waals surface area contributed by atoms with Gasteiger partial charge in [-0.15, -0.1) is 0 Å². The number of benzene rings is 1. The minimum absolute atomic E-state index is 0.0838. The molecule has 1 amide bonds. The van der Waals surface area contributed by atoms with Gasteiger partial charge in [0.25, 0.3) is 0 Å². The summed E-state index contributed by atoms with van der Waals surface area (Å²) in [6.45, 7) is 10.3. The summed E-state index contributed by atoms with van der Waals surface area (Å²) < 4.78 is 0. The quantitative estimate of drug-likeness (QED) is 0.727. The SMILES string of the molecule is C=CC1=C(\C=C)N(C(=O)CCC=O)Cc2ccccc2/C(CC)=C\1. The van der Waals surface area contributed by atoms with E-state index in [4.69, 9.17) is 0 Å². The van der Waals surface area contributed by atoms with Crippen molar-refractivity contribution >= 4 is 17.8 Å². The van der Waals surface area contributed by atoms with Gasteiger partial charge in [-0.25, -0.2) is 0 Å². The summed E-state index contributed by atoms with van der Waals surface area (Å²) in [7, 11) is 0. The van der Waals surface area contributed by atoms with Crippen LogP contribution in [-0.4, -0.2) is 17.1 Å². The number of aldehydes is 1. The van der Waals surface area contributed by atoms with Gasteiger partial charge in [0.05, 0.1) is 12.2 Å². The second-order valence-electron chi connectivity index (χ2n) is 5.61. The van der Waals surface area contributed by atoms with Crippen LogP contribution in [0, 0.1) is 0 Å². The lowest BCUT2D eigenvalue weighted by Crippen LogP contribution is -2.31. The van der Waals surface area contributed by atoms with Crippen molar-refractivity contribution in [3.8, 4) is 0 Å². The Labute approximate surface area is 143 Å². The van der Waals surface area contributed by atoms with E-state index in [1.54, 1.807) is 17.1 Å². The van der Waals surface area contributed by atoms with Gasteiger partial charge in [0.1, 0.15) is 6.29 Å². The minimum Gasteiger partial charge on any atom is -0.307 e. The lowest BCUT2D eigenvalue weighted by atomic mass is 9.93. The fourth-order valence-corrected chi connectivity index (χ4v) is 2.95. The molecule has 1 aromatic carbocycles. The standard InChI is InChI=1S/C21H23NO2/c1-4-16-14-17(5-2)20(6-3)22(21(24)12-9-13-23)15-18-10-7-8-11-19(16)18/h5-8,10-11,13-14H,2-4,9,12,15H2,1H3/b16-14-,20-17-. The van der Waals surface area contributed by atoms with E-state index < -0.39 is 0 Å². The summed E-state index contributed by atoms with van der Waals surface area (Å²) >= 11 is 0. The maximum absolute atomic E-state index is 12.6. The zero-order valence-electron chi connectivity index (χ0n) is 14.1. The summed E-state index contributed by atoms with van der Waals surface area (Å²) in [4.78, 5) is 25.0. The third-order valence-corrected chi connectivity index (χ3v) is 4.18. The zero-order valence-corrected chi connectivity index (χ0v) is 14.1. The first-order chi connectivity index (χ1) is 11.7. The molecule has 0 bridgehead atoms. The van der Waals surface area contributed by atoms with Crippen LogP contribution in [0.15, 0.2) is 66.9 Å². The van der Waals surface area contributed by atoms with Crippen LogP contribution in [0.4, 0.5) is 0 Å². The molecule has 24 heavy (non-hydrogen) atoms. The van der Waals surface area contributed by atoms with E-state index in [2.05, 4.69) is 32.2 Å². The van der Waals surface area contributed by atoms with Crippen LogP contribution in [0.1, 0.15) is 37.3 Å². The number of carbonyl (C=O) groups is 2. The Kier molecular flexibility index (Phi) is 6.07. The van der Waals surface area contributed by atoms with Gasteiger partial charge < -0.3 is 9.69 Å². The molecular formula is C21H23NO2. The summed E-state index contributed by atoms with van der Waals surface area (Å²) in [5, 5.41) is 0. The average Bonchev–Trinajstić information content (AvgIpc) is 2.60. The van der Waals surface area contributed by atoms with Gasteiger partial charge in [0.15, 0.2) is 0 Å². The molecular weight excluding hydrogens is 298 g/mol. The summed E-state index contributed by atoms with van der Waals surface area (Å²) in [6.07, 6.45) is 7.59. The lowest BCUT2D eigenvalue weighted by Gasteiger charge is -2.29. The number of hydrogen-bond donors (Lipinski definition) is 0. The van der Waals surface area contributed by atoms with Crippen molar-refractivity contribution in [2.45, 2.75) is 32.7 Å². The third kappa shape index (κ3) is 3.62. The van der Waals surface area contributed by atoms with E-state index in [0.717, 1.165) is 35.1 Å². The first-order valence-electron chi connectivity index (χ1n) is 8.18. The summed E-state index contributed by atoms with van der Waals surface area (Å²) in [5.74, 6) is -0.0838. The zero-order chi connectivity index (χ0) is 17.5. The summed E-state index contributed by atoms with van der Waals surface area (Å²) in [6, 6.07) is 8.11. The molecule has 0 saturated carbocycles. The monoisotopic (exact) mass is 321 g/mol. The average molecular weight is 321 g/mol. The second kappa shape index (κ2) is 8.25. The molecule has 0 radical (unpaired) electrons. The predicted molar refractivity (Wildman–Crippen MR) is 98.0 cm³/mol. The number of hydrogen-bond acceptors (Lipinski definition) is 2. The molecule has 0 saturated heterocycles. The molecule has 124 valence electrons. The molecule has 1 aliphatic heterocycles. The highest BCUT2D eigenvalue weighted by molar-refractivity contribution is 5.82. The topological polar surface area (TPSA) is 37.4 Å². The van der Waals surface area contributed by atoms with Gasteiger partial charge >= 0.3 is 0 Å². The smallest absolute Gasteiger partial charge is 0.227 e. The second-order valence-corrected chi connectivity index (χ2v) is 5.61. The first kappa shape index (κ1) is 17.7. The van der Waals surface area contributed by atoms with Gasteiger partial charge in [-0.1, -0.05) is 50.4 Å². The van der Waals surface area contributed by atoms with Crippen LogP contribution in [0.2, 0.25) is 0 Å². The molecule has 0 aliphatic carbocycles. The van der Waals surface area contributed by atoms with Gasteiger partial charge in [0.2, 0.25) is 5.91 Å². The highest BCUT2D eigenvalue weighted by Crippen LogP contribution is 2.31. The molecule has 0 unspecified atom stereocenters. The highest BCUT2D eigenvalue weighted by atomic mass is 16.2. The molecule has 1 aliphatic rings. The van der Waals surface area contributed by atoms with E-state index >= 15 is 0 Å². The predicted octanol–water partition coefficient (Wildman–Crippen LogP) is 4.43. The van der Waals surface area contributed by atoms with E-state index in [1.165, 1.54) is 5.57 Å². The van der Waals surface area contributed by atoms with Gasteiger partial charge in [-0.05, 0) is 40.8 Å². The largest absolute Gasteiger partial charge is 0.307 e. The molecule has 0 atom stereocenters. The van der Waals surface area contributed by atoms with Gasteiger partial charge in [0, 0.05) is 12.8 Å². The van der Waals surface area contributed by atoms with Crippen molar-refractivity contribution in [1.82, 2.24) is 4.90 Å². The maximum Gasteiger partial charge on any atom is 0.227 e. The molecule has 1 heterocycles. The van der Waals surface area contributed by atoms with Gasteiger partial charge in [-0.2, -0.15) is 0 Å². The van der Waals surface area contributed by atoms with E-state index in [1.807, 2.05) is 18.2 Å². The minimum atomic E-state index is -0.0838. The van der Waals surface area contributed by atoms with Crippen molar-refractivity contribution in [3.63, 3.8) is 0 Å². The number of amides is 1. The Morgan fingerprint density at radius 1 is 1.25 bits per heavy atom. The lowest BCUT2D eigenvalue weighted by molar-refractivity contribution is -0.130. The van der Waals surface area contributed by atoms with Crippen LogP contribution in [-0.2, 0) is 16.1 Å². The first-order valence-corrected chi connectivity index (χ1v) is 8.18. The van der Waals surface area contributed by atoms with Crippen LogP contribution < -0.4 is 0 Å². The van der Waals surface area contributed by atoms with Crippen molar-refractivity contribution in [1.29, 1.82) is 0 Å². The Morgan fingerprint density at radius 3 is 2.62 bits per heavy atom. The fraction of sp³-hybridized carbons (Fsp3) is 0.238. The van der Waals surface area contributed by atoms with Crippen LogP contribution in [0.5, 0.6) is 0 Å². The number of carbonyl (C=O) groups excluding carboxylic acids is 2. The van der Waals surface area contributed by atoms with Crippen LogP contribution >= 0.6 is 0 Å². The molecule has 0 spiro atoms. The van der Waals surface area contributed by atoms with Crippen molar-refractivity contribution < 1.29 is 9.59 Å². The molecule has 1 aromatic rings. The molecule has 3 heteroatoms. The number of rotatable bonds is 6. The van der Waals surface area contributed by atoms with Gasteiger partial charge in [-0.3, -0.25) is 4.79 Å². The van der Waals surface area contributed by atoms with Crippen molar-refractivity contribution in [3.05, 3.63) is 78.0 Å². The molecule has 0 fully saturated rings. The Balaban J connectivity index is 2.63. The van der Waals surface area contributed by atoms with E-state index in [0.29, 0.717) is 6.54 Å². The summed E-state index contributed by atoms with van der Waals surface area (Å²) in [5.41, 5.74) is 5.06. The van der Waals surface area contributed by atoms with Crippen molar-refractivity contribution in [2.75, 3.05) is 0 Å². The van der Waals surface area contributed by atoms with E-state index in [-0.39, 0.29) is 18.7 Å². The normalized spacial score (nSPS) is 19.4. The van der Waals surface area contributed by atoms with E-state index in [9.17, 15) is 9.59 Å². The number of nitrogens with zero attached hydrogens (tertiary/aromatic N) is 1. The maximum atomic E-state index is 12.6. The van der Waals surface area contributed by atoms with Crippen LogP contribution in [0.3, 0.4) is 0 Å². The van der Waals surface area contributed by atoms with Crippen LogP contribution in [0.25, 0.3) is 5.57 Å². The Morgan fingerprint density at radius 2 is 2.00 bits per heavy atom. The molecule has 3 nitrogen and oxygen atoms in total. The Bertz CT molecular complexity index is 725. The third-order valence-electron chi connectivity index (χ3n) is 4.18. The molecule has 0 aromatic heterocycles. The van der Waals surface area contributed by atoms with Crippen molar-refractivity contribution in [2.24, 2.45) is 0 Å². The Hall–Kier alpha value is -2.68. The number of fused-ring (bicyclic) bond motifs is 1. The number of allylic oxidation sites excluding steroid dienone is 5. The molecule has 0 N–H and O–H groups in total. The fourth-order valence-electron chi connectivity index (χ4n) is 2.95. The molecule has 2 rings (SSSR count).